The number of nitrogens with one attached hydrogen (secondary N) is 1. The van der Waals surface area contributed by atoms with Crippen LogP contribution in [0.2, 0.25) is 0 Å². The second-order valence-corrected chi connectivity index (χ2v) is 10.3. The maximum Gasteiger partial charge on any atom is 0.324 e. The number of hydrogen-bond donors (Lipinski definition) is 1. The lowest BCUT2D eigenvalue weighted by molar-refractivity contribution is -0.146. The fourth-order valence-corrected chi connectivity index (χ4v) is 6.02. The van der Waals surface area contributed by atoms with E-state index < -0.39 is 45.1 Å². The summed E-state index contributed by atoms with van der Waals surface area (Å²) < 4.78 is 45.8. The number of rotatable bonds is 9. The molecule has 11 heteroatoms. The van der Waals surface area contributed by atoms with Crippen LogP contribution in [0.4, 0.5) is 4.39 Å². The van der Waals surface area contributed by atoms with Gasteiger partial charge in [0.15, 0.2) is 6.61 Å². The van der Waals surface area contributed by atoms with Gasteiger partial charge in [-0.15, -0.1) is 11.3 Å². The van der Waals surface area contributed by atoms with Crippen molar-refractivity contribution in [2.24, 2.45) is 0 Å². The van der Waals surface area contributed by atoms with E-state index in [1.165, 1.54) is 30.4 Å². The van der Waals surface area contributed by atoms with Crippen molar-refractivity contribution in [1.82, 2.24) is 9.62 Å². The van der Waals surface area contributed by atoms with Gasteiger partial charge in [-0.25, -0.2) is 12.8 Å². The predicted octanol–water partition coefficient (Wildman–Crippen LogP) is 2.15. The van der Waals surface area contributed by atoms with Gasteiger partial charge in [0.25, 0.3) is 0 Å². The van der Waals surface area contributed by atoms with Crippen molar-refractivity contribution in [3.8, 4) is 0 Å². The van der Waals surface area contributed by atoms with Gasteiger partial charge in [0.2, 0.25) is 21.7 Å². The zero-order valence-corrected chi connectivity index (χ0v) is 19.0. The van der Waals surface area contributed by atoms with Crippen LogP contribution in [0.25, 0.3) is 0 Å². The minimum absolute atomic E-state index is 0.0625. The minimum Gasteiger partial charge on any atom is -0.456 e. The third-order valence-electron chi connectivity index (χ3n) is 4.93. The Hall–Kier alpha value is -2.63. The zero-order valence-electron chi connectivity index (χ0n) is 17.4. The van der Waals surface area contributed by atoms with Gasteiger partial charge in [0.05, 0.1) is 4.88 Å². The van der Waals surface area contributed by atoms with Gasteiger partial charge in [0, 0.05) is 24.9 Å². The number of sulfonamides is 1. The fourth-order valence-electron chi connectivity index (χ4n) is 3.37. The third-order valence-corrected chi connectivity index (χ3v) is 8.05. The molecule has 2 heterocycles. The molecule has 1 aliphatic heterocycles. The van der Waals surface area contributed by atoms with Crippen molar-refractivity contribution in [2.45, 2.75) is 37.1 Å². The van der Waals surface area contributed by atoms with Crippen LogP contribution in [-0.2, 0) is 30.8 Å². The van der Waals surface area contributed by atoms with E-state index in [0.717, 1.165) is 21.3 Å². The fraction of sp³-hybridized carbons (Fsp3) is 0.381. The highest BCUT2D eigenvalue weighted by atomic mass is 32.2. The number of ketones is 1. The molecule has 1 saturated heterocycles. The number of nitrogens with zero attached hydrogens (tertiary/aromatic N) is 1. The number of benzene rings is 1. The lowest BCUT2D eigenvalue weighted by Crippen LogP contribution is -2.42. The van der Waals surface area contributed by atoms with Gasteiger partial charge in [-0.3, -0.25) is 14.4 Å². The molecule has 1 amide bonds. The number of Topliss-reactive ketones (excluding diaryl/α,β-unsaturated/α-hetero) is 1. The van der Waals surface area contributed by atoms with Crippen molar-refractivity contribution in [3.05, 3.63) is 52.0 Å². The lowest BCUT2D eigenvalue weighted by atomic mass is 10.2. The molecule has 8 nitrogen and oxygen atoms in total. The molecule has 1 fully saturated rings. The first kappa shape index (κ1) is 24.0. The molecule has 172 valence electrons. The molecule has 1 aromatic heterocycles. The minimum atomic E-state index is -4.22. The molecule has 0 spiro atoms. The summed E-state index contributed by atoms with van der Waals surface area (Å²) in [5.41, 5.74) is 0. The normalized spacial score (nSPS) is 16.6. The van der Waals surface area contributed by atoms with Crippen molar-refractivity contribution in [1.29, 1.82) is 0 Å². The van der Waals surface area contributed by atoms with E-state index in [1.54, 1.807) is 12.1 Å². The van der Waals surface area contributed by atoms with Crippen LogP contribution < -0.4 is 5.32 Å². The Bertz CT molecular complexity index is 1110. The summed E-state index contributed by atoms with van der Waals surface area (Å²) in [5.74, 6) is -2.27. The third kappa shape index (κ3) is 5.59. The number of halogens is 1. The van der Waals surface area contributed by atoms with Gasteiger partial charge in [-0.2, -0.15) is 4.31 Å². The molecular weight excluding hydrogens is 459 g/mol. The van der Waals surface area contributed by atoms with Crippen LogP contribution in [0.3, 0.4) is 0 Å². The maximum absolute atomic E-state index is 14.0. The summed E-state index contributed by atoms with van der Waals surface area (Å²) in [6.07, 6.45) is 1.22. The molecule has 32 heavy (non-hydrogen) atoms. The summed E-state index contributed by atoms with van der Waals surface area (Å²) in [4.78, 5) is 36.7. The highest BCUT2D eigenvalue weighted by Crippen LogP contribution is 2.28. The molecule has 0 bridgehead atoms. The molecule has 0 radical (unpaired) electrons. The Balaban J connectivity index is 1.60. The highest BCUT2D eigenvalue weighted by Gasteiger charge is 2.41. The Morgan fingerprint density at radius 2 is 1.97 bits per heavy atom. The molecule has 0 aliphatic carbocycles. The van der Waals surface area contributed by atoms with Crippen molar-refractivity contribution < 1.29 is 31.9 Å². The van der Waals surface area contributed by atoms with E-state index >= 15 is 0 Å². The standard InChI is InChI=1S/C21H23FN2O6S2/c1-14(25)23-11-10-15-8-9-19(31-15)18(26)13-30-21(27)17-6-4-12-24(17)32(28,29)20-7-3-2-5-16(20)22/h2-3,5,7-9,17H,4,6,10-13H2,1H3,(H,23,25)/t17-/m1/s1. The molecule has 0 saturated carbocycles. The van der Waals surface area contributed by atoms with E-state index in [4.69, 9.17) is 4.74 Å². The molecule has 1 atom stereocenters. The highest BCUT2D eigenvalue weighted by molar-refractivity contribution is 7.89. The summed E-state index contributed by atoms with van der Waals surface area (Å²) in [6.45, 7) is 1.42. The van der Waals surface area contributed by atoms with Gasteiger partial charge in [-0.05, 0) is 43.5 Å². The largest absolute Gasteiger partial charge is 0.456 e. The first-order valence-electron chi connectivity index (χ1n) is 9.99. The van der Waals surface area contributed by atoms with Crippen LogP contribution >= 0.6 is 11.3 Å². The second-order valence-electron chi connectivity index (χ2n) is 7.23. The Kier molecular flexibility index (Phi) is 7.75. The molecule has 0 unspecified atom stereocenters. The van der Waals surface area contributed by atoms with E-state index in [9.17, 15) is 27.2 Å². The first-order valence-corrected chi connectivity index (χ1v) is 12.2. The number of carbonyl (C=O) groups excluding carboxylic acids is 3. The van der Waals surface area contributed by atoms with Crippen LogP contribution in [0.15, 0.2) is 41.3 Å². The number of hydrogen-bond acceptors (Lipinski definition) is 7. The van der Waals surface area contributed by atoms with Crippen molar-refractivity contribution in [2.75, 3.05) is 19.7 Å². The van der Waals surface area contributed by atoms with Gasteiger partial charge < -0.3 is 10.1 Å². The van der Waals surface area contributed by atoms with Gasteiger partial charge in [-0.1, -0.05) is 12.1 Å². The number of esters is 1. The topological polar surface area (TPSA) is 110 Å². The first-order chi connectivity index (χ1) is 15.2. The lowest BCUT2D eigenvalue weighted by Gasteiger charge is -2.22. The molecule has 1 N–H and O–H groups in total. The quantitative estimate of drug-likeness (QED) is 0.433. The van der Waals surface area contributed by atoms with E-state index in [0.29, 0.717) is 24.3 Å². The number of carbonyl (C=O) groups is 3. The average Bonchev–Trinajstić information content (AvgIpc) is 3.42. The van der Waals surface area contributed by atoms with E-state index in [1.807, 2.05) is 0 Å². The van der Waals surface area contributed by atoms with Crippen LogP contribution in [0, 0.1) is 5.82 Å². The van der Waals surface area contributed by atoms with E-state index in [2.05, 4.69) is 5.32 Å². The molecular formula is C21H23FN2O6S2. The smallest absolute Gasteiger partial charge is 0.324 e. The monoisotopic (exact) mass is 482 g/mol. The molecule has 1 aromatic carbocycles. The molecule has 1 aliphatic rings. The zero-order chi connectivity index (χ0) is 23.3. The summed E-state index contributed by atoms with van der Waals surface area (Å²) in [6, 6.07) is 7.25. The average molecular weight is 483 g/mol. The van der Waals surface area contributed by atoms with Gasteiger partial charge >= 0.3 is 5.97 Å². The van der Waals surface area contributed by atoms with Crippen LogP contribution in [0.5, 0.6) is 0 Å². The number of thiophene rings is 1. The predicted molar refractivity (Wildman–Crippen MR) is 115 cm³/mol. The Morgan fingerprint density at radius 1 is 1.22 bits per heavy atom. The Morgan fingerprint density at radius 3 is 2.69 bits per heavy atom. The summed E-state index contributed by atoms with van der Waals surface area (Å²) in [7, 11) is -4.22. The molecule has 2 aromatic rings. The maximum atomic E-state index is 14.0. The van der Waals surface area contributed by atoms with E-state index in [-0.39, 0.29) is 18.9 Å². The summed E-state index contributed by atoms with van der Waals surface area (Å²) in [5, 5.41) is 2.67. The number of amides is 1. The number of ether oxygens (including phenoxy) is 1. The van der Waals surface area contributed by atoms with Crippen LogP contribution in [-0.4, -0.2) is 56.1 Å². The van der Waals surface area contributed by atoms with Gasteiger partial charge in [0.1, 0.15) is 16.8 Å². The van der Waals surface area contributed by atoms with Crippen LogP contribution in [0.1, 0.15) is 34.3 Å². The Labute approximate surface area is 189 Å². The summed E-state index contributed by atoms with van der Waals surface area (Å²) >= 11 is 1.24. The van der Waals surface area contributed by atoms with Crippen molar-refractivity contribution in [3.63, 3.8) is 0 Å². The SMILES string of the molecule is CC(=O)NCCc1ccc(C(=O)COC(=O)[C@H]2CCCN2S(=O)(=O)c2ccccc2F)s1. The van der Waals surface area contributed by atoms with Crippen molar-refractivity contribution >= 4 is 39.0 Å². The molecule has 3 rings (SSSR count). The second kappa shape index (κ2) is 10.3.